The fourth-order valence-electron chi connectivity index (χ4n) is 1.88. The zero-order valence-electron chi connectivity index (χ0n) is 8.85. The first-order valence-electron chi connectivity index (χ1n) is 4.71. The van der Waals surface area contributed by atoms with Crippen molar-refractivity contribution in [3.63, 3.8) is 0 Å². The maximum absolute atomic E-state index is 11.2. The Kier molecular flexibility index (Phi) is 2.43. The molecule has 0 atom stereocenters. The van der Waals surface area contributed by atoms with Gasteiger partial charge in [0.2, 0.25) is 0 Å². The van der Waals surface area contributed by atoms with Crippen molar-refractivity contribution < 1.29 is 4.42 Å². The van der Waals surface area contributed by atoms with Crippen molar-refractivity contribution in [1.29, 1.82) is 0 Å². The van der Waals surface area contributed by atoms with Crippen LogP contribution in [-0.4, -0.2) is 0 Å². The van der Waals surface area contributed by atoms with Crippen molar-refractivity contribution in [1.82, 2.24) is 0 Å². The zero-order chi connectivity index (χ0) is 11.2. The molecule has 0 aliphatic rings. The molecule has 78 valence electrons. The highest BCUT2D eigenvalue weighted by atomic mass is 79.9. The summed E-state index contributed by atoms with van der Waals surface area (Å²) in [6.07, 6.45) is 0. The molecule has 0 unspecified atom stereocenters. The molecule has 0 bridgehead atoms. The first kappa shape index (κ1) is 10.4. The van der Waals surface area contributed by atoms with Crippen molar-refractivity contribution in [3.8, 4) is 0 Å². The summed E-state index contributed by atoms with van der Waals surface area (Å²) in [5, 5.41) is 1.02. The predicted octanol–water partition coefficient (Wildman–Crippen LogP) is 3.48. The van der Waals surface area contributed by atoms with E-state index in [-0.39, 0.29) is 5.63 Å². The van der Waals surface area contributed by atoms with Crippen LogP contribution in [0.5, 0.6) is 0 Å². The highest BCUT2D eigenvalue weighted by Gasteiger charge is 2.09. The molecule has 3 heteroatoms. The van der Waals surface area contributed by atoms with E-state index in [4.69, 9.17) is 4.42 Å². The molecule has 0 spiro atoms. The molecule has 0 saturated carbocycles. The number of rotatable bonds is 0. The highest BCUT2D eigenvalue weighted by molar-refractivity contribution is 9.10. The summed E-state index contributed by atoms with van der Waals surface area (Å²) < 4.78 is 6.26. The Bertz CT molecular complexity index is 597. The molecule has 0 saturated heterocycles. The maximum Gasteiger partial charge on any atom is 0.336 e. The van der Waals surface area contributed by atoms with Gasteiger partial charge in [0.25, 0.3) is 0 Å². The highest BCUT2D eigenvalue weighted by Crippen LogP contribution is 2.30. The van der Waals surface area contributed by atoms with Crippen LogP contribution in [0.2, 0.25) is 0 Å². The van der Waals surface area contributed by atoms with Crippen LogP contribution in [0.25, 0.3) is 11.0 Å². The van der Waals surface area contributed by atoms with E-state index < -0.39 is 0 Å². The van der Waals surface area contributed by atoms with Gasteiger partial charge in [-0.25, -0.2) is 4.79 Å². The molecule has 1 heterocycles. The predicted molar refractivity (Wildman–Crippen MR) is 64.4 cm³/mol. The lowest BCUT2D eigenvalue weighted by atomic mass is 10.0. The van der Waals surface area contributed by atoms with E-state index in [0.717, 1.165) is 26.5 Å². The van der Waals surface area contributed by atoms with Crippen LogP contribution in [0.1, 0.15) is 16.7 Å². The van der Waals surface area contributed by atoms with Crippen LogP contribution in [0.15, 0.2) is 25.8 Å². The van der Waals surface area contributed by atoms with Crippen LogP contribution in [-0.2, 0) is 0 Å². The second-order valence-electron chi connectivity index (χ2n) is 3.75. The number of hydrogen-bond acceptors (Lipinski definition) is 2. The van der Waals surface area contributed by atoms with Gasteiger partial charge in [0.1, 0.15) is 5.58 Å². The Morgan fingerprint density at radius 3 is 2.47 bits per heavy atom. The van der Waals surface area contributed by atoms with Crippen LogP contribution in [0.4, 0.5) is 0 Å². The van der Waals surface area contributed by atoms with Crippen molar-refractivity contribution in [2.75, 3.05) is 0 Å². The molecule has 1 aromatic heterocycles. The lowest BCUT2D eigenvalue weighted by molar-refractivity contribution is 0.559. The van der Waals surface area contributed by atoms with Crippen molar-refractivity contribution >= 4 is 26.9 Å². The minimum absolute atomic E-state index is 0.291. The van der Waals surface area contributed by atoms with Crippen molar-refractivity contribution in [3.05, 3.63) is 43.7 Å². The molecule has 0 N–H and O–H groups in total. The third-order valence-electron chi connectivity index (χ3n) is 2.58. The van der Waals surface area contributed by atoms with E-state index in [9.17, 15) is 4.79 Å². The molecule has 0 aliphatic carbocycles. The van der Waals surface area contributed by atoms with E-state index >= 15 is 0 Å². The maximum atomic E-state index is 11.2. The molecule has 1 aromatic carbocycles. The van der Waals surface area contributed by atoms with Crippen LogP contribution >= 0.6 is 15.9 Å². The van der Waals surface area contributed by atoms with Crippen molar-refractivity contribution in [2.24, 2.45) is 0 Å². The van der Waals surface area contributed by atoms with E-state index in [1.165, 1.54) is 6.07 Å². The SMILES string of the molecule is Cc1cc2oc(=O)cc(C)c2c(C)c1Br. The molecule has 0 radical (unpaired) electrons. The fourth-order valence-corrected chi connectivity index (χ4v) is 2.19. The Labute approximate surface area is 96.0 Å². The minimum Gasteiger partial charge on any atom is -0.423 e. The summed E-state index contributed by atoms with van der Waals surface area (Å²) in [7, 11) is 0. The van der Waals surface area contributed by atoms with Gasteiger partial charge in [-0.15, -0.1) is 0 Å². The van der Waals surface area contributed by atoms with Gasteiger partial charge in [0.05, 0.1) is 0 Å². The number of benzene rings is 1. The summed E-state index contributed by atoms with van der Waals surface area (Å²) in [4.78, 5) is 11.2. The van der Waals surface area contributed by atoms with E-state index in [1.54, 1.807) is 0 Å². The van der Waals surface area contributed by atoms with E-state index in [1.807, 2.05) is 26.8 Å². The van der Waals surface area contributed by atoms with Crippen LogP contribution in [0.3, 0.4) is 0 Å². The molecule has 0 aliphatic heterocycles. The molecule has 2 rings (SSSR count). The van der Waals surface area contributed by atoms with E-state index in [2.05, 4.69) is 15.9 Å². The molecule has 0 amide bonds. The Balaban J connectivity index is 3.05. The quantitative estimate of drug-likeness (QED) is 0.684. The largest absolute Gasteiger partial charge is 0.423 e. The normalized spacial score (nSPS) is 10.9. The summed E-state index contributed by atoms with van der Waals surface area (Å²) >= 11 is 3.53. The molecule has 2 nitrogen and oxygen atoms in total. The fraction of sp³-hybridized carbons (Fsp3) is 0.250. The van der Waals surface area contributed by atoms with Gasteiger partial charge in [-0.05, 0) is 43.5 Å². The van der Waals surface area contributed by atoms with Gasteiger partial charge in [-0.3, -0.25) is 0 Å². The van der Waals surface area contributed by atoms with Gasteiger partial charge < -0.3 is 4.42 Å². The number of halogens is 1. The lowest BCUT2D eigenvalue weighted by Crippen LogP contribution is -1.99. The van der Waals surface area contributed by atoms with Gasteiger partial charge in [-0.2, -0.15) is 0 Å². The average molecular weight is 267 g/mol. The van der Waals surface area contributed by atoms with Gasteiger partial charge in [0.15, 0.2) is 0 Å². The number of aryl methyl sites for hydroxylation is 3. The third-order valence-corrected chi connectivity index (χ3v) is 3.80. The first-order valence-corrected chi connectivity index (χ1v) is 5.50. The van der Waals surface area contributed by atoms with E-state index in [0.29, 0.717) is 5.58 Å². The van der Waals surface area contributed by atoms with Gasteiger partial charge >= 0.3 is 5.63 Å². The monoisotopic (exact) mass is 266 g/mol. The number of hydrogen-bond donors (Lipinski definition) is 0. The Morgan fingerprint density at radius 2 is 1.80 bits per heavy atom. The topological polar surface area (TPSA) is 30.2 Å². The molecule has 15 heavy (non-hydrogen) atoms. The van der Waals surface area contributed by atoms with Crippen LogP contribution in [0, 0.1) is 20.8 Å². The van der Waals surface area contributed by atoms with Crippen molar-refractivity contribution in [2.45, 2.75) is 20.8 Å². The standard InChI is InChI=1S/C12H11BrO2/c1-6-5-10(14)15-9-4-7(2)12(13)8(3)11(6)9/h4-5H,1-3H3. The molecule has 2 aromatic rings. The lowest BCUT2D eigenvalue weighted by Gasteiger charge is -2.08. The van der Waals surface area contributed by atoms with Crippen LogP contribution < -0.4 is 5.63 Å². The Morgan fingerprint density at radius 1 is 1.13 bits per heavy atom. The molecular weight excluding hydrogens is 256 g/mol. The third kappa shape index (κ3) is 1.61. The Hall–Kier alpha value is -1.09. The average Bonchev–Trinajstić information content (AvgIpc) is 2.13. The molecular formula is C12H11BrO2. The zero-order valence-corrected chi connectivity index (χ0v) is 10.4. The minimum atomic E-state index is -0.291. The smallest absolute Gasteiger partial charge is 0.336 e. The summed E-state index contributed by atoms with van der Waals surface area (Å²) in [6, 6.07) is 3.41. The first-order chi connectivity index (χ1) is 7.00. The number of fused-ring (bicyclic) bond motifs is 1. The molecule has 0 fully saturated rings. The summed E-state index contributed by atoms with van der Waals surface area (Å²) in [6.45, 7) is 5.93. The second-order valence-corrected chi connectivity index (χ2v) is 4.55. The summed E-state index contributed by atoms with van der Waals surface area (Å²) in [5.74, 6) is 0. The van der Waals surface area contributed by atoms with Gasteiger partial charge in [-0.1, -0.05) is 15.9 Å². The second kappa shape index (κ2) is 3.49. The van der Waals surface area contributed by atoms with Gasteiger partial charge in [0, 0.05) is 15.9 Å². The summed E-state index contributed by atoms with van der Waals surface area (Å²) in [5.41, 5.74) is 3.53.